The van der Waals surface area contributed by atoms with Crippen molar-refractivity contribution in [1.82, 2.24) is 16.0 Å². The summed E-state index contributed by atoms with van der Waals surface area (Å²) in [5.74, 6) is -1.27. The lowest BCUT2D eigenvalue weighted by atomic mass is 9.87. The van der Waals surface area contributed by atoms with Crippen molar-refractivity contribution in [3.63, 3.8) is 0 Å². The fourth-order valence-electron chi connectivity index (χ4n) is 5.82. The van der Waals surface area contributed by atoms with Crippen LogP contribution in [0.5, 0.6) is 5.75 Å². The minimum Gasteiger partial charge on any atom is -0.497 e. The Bertz CT molecular complexity index is 1060. The van der Waals surface area contributed by atoms with Gasteiger partial charge in [0.2, 0.25) is 17.7 Å². The number of ketones is 1. The monoisotopic (exact) mass is 573 g/mol. The van der Waals surface area contributed by atoms with Crippen LogP contribution in [0, 0.1) is 11.8 Å². The maximum Gasteiger partial charge on any atom is 0.246 e. The minimum atomic E-state index is -1.44. The maximum absolute atomic E-state index is 13.7. The Morgan fingerprint density at radius 2 is 1.59 bits per heavy atom. The molecule has 0 spiro atoms. The molecule has 0 unspecified atom stereocenters. The fourth-order valence-corrected chi connectivity index (χ4v) is 5.82. The Morgan fingerprint density at radius 1 is 0.951 bits per heavy atom. The predicted octanol–water partition coefficient (Wildman–Crippen LogP) is 1.30. The molecular weight excluding hydrogens is 530 g/mol. The molecule has 0 aromatic heterocycles. The second-order valence-corrected chi connectivity index (χ2v) is 11.6. The fraction of sp³-hybridized carbons (Fsp3) is 0.667. The summed E-state index contributed by atoms with van der Waals surface area (Å²) in [6.07, 6.45) is 4.34. The van der Waals surface area contributed by atoms with Crippen LogP contribution in [0.3, 0.4) is 0 Å². The maximum atomic E-state index is 13.7. The first-order valence-corrected chi connectivity index (χ1v) is 14.7. The number of carbonyl (C=O) groups excluding carboxylic acids is 4. The van der Waals surface area contributed by atoms with E-state index in [1.54, 1.807) is 24.3 Å². The van der Waals surface area contributed by atoms with E-state index in [0.717, 1.165) is 25.7 Å². The van der Waals surface area contributed by atoms with Gasteiger partial charge in [0, 0.05) is 5.92 Å². The van der Waals surface area contributed by atoms with Crippen molar-refractivity contribution in [3.05, 3.63) is 29.8 Å². The van der Waals surface area contributed by atoms with Crippen LogP contribution >= 0.6 is 0 Å². The van der Waals surface area contributed by atoms with Gasteiger partial charge in [-0.3, -0.25) is 19.2 Å². The summed E-state index contributed by atoms with van der Waals surface area (Å²) >= 11 is 0. The molecule has 41 heavy (non-hydrogen) atoms. The van der Waals surface area contributed by atoms with Gasteiger partial charge >= 0.3 is 0 Å². The van der Waals surface area contributed by atoms with Gasteiger partial charge in [-0.05, 0) is 62.6 Å². The highest BCUT2D eigenvalue weighted by molar-refractivity contribution is 5.96. The number of benzene rings is 1. The van der Waals surface area contributed by atoms with E-state index in [1.807, 2.05) is 0 Å². The van der Waals surface area contributed by atoms with Crippen molar-refractivity contribution in [2.24, 2.45) is 11.8 Å². The van der Waals surface area contributed by atoms with Crippen molar-refractivity contribution < 1.29 is 38.9 Å². The van der Waals surface area contributed by atoms with E-state index in [-0.39, 0.29) is 17.6 Å². The smallest absolute Gasteiger partial charge is 0.246 e. The zero-order valence-corrected chi connectivity index (χ0v) is 23.8. The molecule has 3 amide bonds. The summed E-state index contributed by atoms with van der Waals surface area (Å²) in [6.45, 7) is 1.83. The van der Waals surface area contributed by atoms with Crippen LogP contribution in [0.1, 0.15) is 76.4 Å². The second kappa shape index (κ2) is 14.2. The van der Waals surface area contributed by atoms with E-state index in [1.165, 1.54) is 14.0 Å². The number of aliphatic hydroxyl groups is 2. The Kier molecular flexibility index (Phi) is 10.7. The van der Waals surface area contributed by atoms with Crippen LogP contribution in [-0.2, 0) is 23.9 Å². The molecular formula is C30H43N3O8. The lowest BCUT2D eigenvalue weighted by Crippen LogP contribution is -2.57. The van der Waals surface area contributed by atoms with Crippen LogP contribution in [-0.4, -0.2) is 77.8 Å². The number of ether oxygens (including phenoxy) is 2. The molecule has 2 aliphatic carbocycles. The Labute approximate surface area is 240 Å². The van der Waals surface area contributed by atoms with E-state index in [0.29, 0.717) is 55.9 Å². The summed E-state index contributed by atoms with van der Waals surface area (Å²) in [5, 5.41) is 29.1. The third-order valence-corrected chi connectivity index (χ3v) is 8.53. The number of rotatable bonds is 13. The van der Waals surface area contributed by atoms with Gasteiger partial charge in [-0.15, -0.1) is 0 Å². The summed E-state index contributed by atoms with van der Waals surface area (Å²) in [7, 11) is 1.51. The van der Waals surface area contributed by atoms with Crippen LogP contribution in [0.4, 0.5) is 0 Å². The van der Waals surface area contributed by atoms with Gasteiger partial charge in [-0.2, -0.15) is 0 Å². The first kappa shape index (κ1) is 30.9. The van der Waals surface area contributed by atoms with Crippen molar-refractivity contribution in [2.75, 3.05) is 13.7 Å². The normalized spacial score (nSPS) is 25.3. The third-order valence-electron chi connectivity index (χ3n) is 8.53. The molecule has 226 valence electrons. The van der Waals surface area contributed by atoms with Gasteiger partial charge in [0.25, 0.3) is 0 Å². The summed E-state index contributed by atoms with van der Waals surface area (Å²) in [4.78, 5) is 52.6. The number of carbonyl (C=O) groups is 4. The Balaban J connectivity index is 1.47. The molecule has 0 bridgehead atoms. The Morgan fingerprint density at radius 3 is 2.17 bits per heavy atom. The molecule has 5 N–H and O–H groups in total. The number of aliphatic hydroxyl groups excluding tert-OH is 2. The molecule has 3 aliphatic rings. The molecule has 1 heterocycles. The van der Waals surface area contributed by atoms with E-state index in [9.17, 15) is 29.4 Å². The standard InChI is InChI=1S/C30H43N3O8/c1-17(31-29(38)20-7-11-21(34)12-8-20)28(37)33-25(26(35)19-9-13-22(40-2)14-10-19)30(39)32-23(27(36)24-16-41-24)15-18-5-3-4-6-18/h9-10,13-14,17-18,20-21,23-26,34-35H,3-8,11-12,15-16H2,1-2H3,(H,31,38)(H,32,39)(H,33,37)/t17-,20-,21-,23+,24-,25+,26-/m1/s1. The number of nitrogens with one attached hydrogen (secondary N) is 3. The number of hydrogen-bond acceptors (Lipinski definition) is 8. The molecule has 11 nitrogen and oxygen atoms in total. The summed E-state index contributed by atoms with van der Waals surface area (Å²) in [5.41, 5.74) is 0.368. The molecule has 1 aliphatic heterocycles. The Hall–Kier alpha value is -3.02. The quantitative estimate of drug-likeness (QED) is 0.220. The average molecular weight is 574 g/mol. The first-order valence-electron chi connectivity index (χ1n) is 14.7. The number of Topliss-reactive ketones (excluding diaryl/α,β-unsaturated/α-hetero) is 1. The van der Waals surface area contributed by atoms with E-state index in [4.69, 9.17) is 9.47 Å². The van der Waals surface area contributed by atoms with E-state index < -0.39 is 48.3 Å². The van der Waals surface area contributed by atoms with Crippen LogP contribution in [0.15, 0.2) is 24.3 Å². The molecule has 1 aromatic carbocycles. The topological polar surface area (TPSA) is 167 Å². The summed E-state index contributed by atoms with van der Waals surface area (Å²) < 4.78 is 10.4. The zero-order valence-electron chi connectivity index (χ0n) is 23.8. The molecule has 1 saturated heterocycles. The van der Waals surface area contributed by atoms with Crippen LogP contribution < -0.4 is 20.7 Å². The summed E-state index contributed by atoms with van der Waals surface area (Å²) in [6, 6.07) is 3.25. The molecule has 3 fully saturated rings. The number of methoxy groups -OCH3 is 1. The lowest BCUT2D eigenvalue weighted by molar-refractivity contribution is -0.136. The number of epoxide rings is 1. The van der Waals surface area contributed by atoms with Gasteiger partial charge in [0.05, 0.1) is 25.9 Å². The van der Waals surface area contributed by atoms with Crippen molar-refractivity contribution in [1.29, 1.82) is 0 Å². The molecule has 4 rings (SSSR count). The van der Waals surface area contributed by atoms with Crippen molar-refractivity contribution in [2.45, 2.75) is 101 Å². The van der Waals surface area contributed by atoms with E-state index in [2.05, 4.69) is 16.0 Å². The molecule has 2 saturated carbocycles. The lowest BCUT2D eigenvalue weighted by Gasteiger charge is -2.29. The van der Waals surface area contributed by atoms with Crippen LogP contribution in [0.25, 0.3) is 0 Å². The SMILES string of the molecule is COc1ccc([C@@H](O)[C@H](NC(=O)[C@@H](C)NC(=O)[C@H]2CC[C@H](O)CC2)C(=O)N[C@@H](CC2CCCC2)C(=O)[C@H]2CO2)cc1. The highest BCUT2D eigenvalue weighted by Crippen LogP contribution is 2.30. The number of hydrogen-bond donors (Lipinski definition) is 5. The van der Waals surface area contributed by atoms with Gasteiger partial charge in [-0.25, -0.2) is 0 Å². The van der Waals surface area contributed by atoms with Gasteiger partial charge < -0.3 is 35.6 Å². The largest absolute Gasteiger partial charge is 0.497 e. The molecule has 0 radical (unpaired) electrons. The first-order chi connectivity index (χ1) is 19.7. The van der Waals surface area contributed by atoms with Gasteiger partial charge in [0.15, 0.2) is 5.78 Å². The van der Waals surface area contributed by atoms with Gasteiger partial charge in [-0.1, -0.05) is 37.8 Å². The molecule has 11 heteroatoms. The zero-order chi connectivity index (χ0) is 29.5. The minimum absolute atomic E-state index is 0.201. The molecule has 5 atom stereocenters. The van der Waals surface area contributed by atoms with Crippen LogP contribution in [0.2, 0.25) is 0 Å². The second-order valence-electron chi connectivity index (χ2n) is 11.6. The van der Waals surface area contributed by atoms with E-state index >= 15 is 0 Å². The average Bonchev–Trinajstić information content (AvgIpc) is 3.70. The number of amides is 3. The highest BCUT2D eigenvalue weighted by atomic mass is 16.6. The third kappa shape index (κ3) is 8.50. The van der Waals surface area contributed by atoms with Crippen molar-refractivity contribution >= 4 is 23.5 Å². The molecule has 1 aromatic rings. The van der Waals surface area contributed by atoms with Gasteiger partial charge in [0.1, 0.15) is 30.0 Å². The predicted molar refractivity (Wildman–Crippen MR) is 149 cm³/mol. The highest BCUT2D eigenvalue weighted by Gasteiger charge is 2.40. The van der Waals surface area contributed by atoms with Crippen molar-refractivity contribution in [3.8, 4) is 5.75 Å².